The van der Waals surface area contributed by atoms with Crippen LogP contribution < -0.4 is 0 Å². The maximum atomic E-state index is 12.3. The first-order valence-electron chi connectivity index (χ1n) is 9.19. The predicted octanol–water partition coefficient (Wildman–Crippen LogP) is 4.58. The maximum Gasteiger partial charge on any atom is 0.515 e. The van der Waals surface area contributed by atoms with Crippen molar-refractivity contribution in [2.24, 2.45) is 5.92 Å². The van der Waals surface area contributed by atoms with Crippen LogP contribution in [0.2, 0.25) is 0 Å². The van der Waals surface area contributed by atoms with E-state index in [0.29, 0.717) is 32.2 Å². The van der Waals surface area contributed by atoms with Crippen molar-refractivity contribution < 1.29 is 18.1 Å². The lowest BCUT2D eigenvalue weighted by Gasteiger charge is -2.39. The second-order valence-corrected chi connectivity index (χ2v) is 10.8. The molecule has 4 nitrogen and oxygen atoms in total. The zero-order chi connectivity index (χ0) is 17.1. The molecule has 0 radical (unpaired) electrons. The fourth-order valence-corrected chi connectivity index (χ4v) is 7.74. The summed E-state index contributed by atoms with van der Waals surface area (Å²) in [4.78, 5) is 12.3. The van der Waals surface area contributed by atoms with Crippen LogP contribution in [0.15, 0.2) is 0 Å². The molecule has 1 heterocycles. The molecule has 0 amide bonds. The standard InChI is InChI=1S/C17H34O4SSi/c1-5-8-9-10-11-12-16(18)22-17(6-2)23(19-7-3)20-13-15(4)14-21-23/h15,17H,5-14H2,1-4H3. The van der Waals surface area contributed by atoms with Gasteiger partial charge in [0.05, 0.1) is 4.87 Å². The van der Waals surface area contributed by atoms with Crippen LogP contribution in [0.1, 0.15) is 72.6 Å². The normalized spacial score (nSPS) is 26.2. The Bertz CT molecular complexity index is 333. The SMILES string of the molecule is CCCCCCCC(=O)SC(CC)[Si]1(OCC)OCC(C)CO1. The molecule has 0 bridgehead atoms. The molecular weight excluding hydrogens is 328 g/mol. The minimum atomic E-state index is -2.73. The van der Waals surface area contributed by atoms with Gasteiger partial charge < -0.3 is 13.3 Å². The Morgan fingerprint density at radius 1 is 1.17 bits per heavy atom. The van der Waals surface area contributed by atoms with E-state index < -0.39 is 8.80 Å². The molecule has 0 aromatic rings. The fraction of sp³-hybridized carbons (Fsp3) is 0.941. The molecule has 136 valence electrons. The van der Waals surface area contributed by atoms with E-state index in [4.69, 9.17) is 13.3 Å². The predicted molar refractivity (Wildman–Crippen MR) is 98.5 cm³/mol. The Morgan fingerprint density at radius 3 is 2.39 bits per heavy atom. The van der Waals surface area contributed by atoms with E-state index in [-0.39, 0.29) is 9.99 Å². The number of hydrogen-bond donors (Lipinski definition) is 0. The molecule has 23 heavy (non-hydrogen) atoms. The summed E-state index contributed by atoms with van der Waals surface area (Å²) in [7, 11) is -2.73. The van der Waals surface area contributed by atoms with Crippen LogP contribution in [0.3, 0.4) is 0 Å². The van der Waals surface area contributed by atoms with Crippen molar-refractivity contribution >= 4 is 25.7 Å². The summed E-state index contributed by atoms with van der Waals surface area (Å²) in [6, 6.07) is 0. The highest BCUT2D eigenvalue weighted by atomic mass is 32.2. The van der Waals surface area contributed by atoms with Crippen molar-refractivity contribution in [3.8, 4) is 0 Å². The van der Waals surface area contributed by atoms with E-state index in [2.05, 4.69) is 20.8 Å². The van der Waals surface area contributed by atoms with E-state index in [1.807, 2.05) is 6.92 Å². The van der Waals surface area contributed by atoms with Gasteiger partial charge in [-0.1, -0.05) is 58.2 Å². The molecule has 0 saturated carbocycles. The van der Waals surface area contributed by atoms with Gasteiger partial charge in [0.25, 0.3) is 0 Å². The average molecular weight is 363 g/mol. The van der Waals surface area contributed by atoms with Gasteiger partial charge in [-0.25, -0.2) is 0 Å². The number of rotatable bonds is 11. The van der Waals surface area contributed by atoms with Gasteiger partial charge in [0.1, 0.15) is 0 Å². The quantitative estimate of drug-likeness (QED) is 0.397. The van der Waals surface area contributed by atoms with Crippen LogP contribution in [-0.2, 0) is 18.1 Å². The molecule has 1 saturated heterocycles. The van der Waals surface area contributed by atoms with Crippen LogP contribution in [0.25, 0.3) is 0 Å². The van der Waals surface area contributed by atoms with E-state index >= 15 is 0 Å². The van der Waals surface area contributed by atoms with E-state index in [1.165, 1.54) is 31.0 Å². The summed E-state index contributed by atoms with van der Waals surface area (Å²) in [5.41, 5.74) is 0. The van der Waals surface area contributed by atoms with E-state index in [0.717, 1.165) is 19.3 Å². The van der Waals surface area contributed by atoms with Crippen LogP contribution in [0.5, 0.6) is 0 Å². The molecular formula is C17H34O4SSi. The van der Waals surface area contributed by atoms with Crippen molar-refractivity contribution in [2.45, 2.75) is 77.5 Å². The van der Waals surface area contributed by atoms with Crippen molar-refractivity contribution in [1.29, 1.82) is 0 Å². The molecule has 0 aliphatic carbocycles. The monoisotopic (exact) mass is 362 g/mol. The molecule has 0 N–H and O–H groups in total. The van der Waals surface area contributed by atoms with Crippen molar-refractivity contribution in [1.82, 2.24) is 0 Å². The molecule has 1 unspecified atom stereocenters. The third-order valence-corrected chi connectivity index (χ3v) is 9.34. The van der Waals surface area contributed by atoms with Gasteiger partial charge in [-0.05, 0) is 19.8 Å². The molecule has 6 heteroatoms. The maximum absolute atomic E-state index is 12.3. The highest BCUT2D eigenvalue weighted by Crippen LogP contribution is 2.33. The Morgan fingerprint density at radius 2 is 1.83 bits per heavy atom. The summed E-state index contributed by atoms with van der Waals surface area (Å²) in [5, 5.41) is 0.255. The molecule has 1 aliphatic rings. The van der Waals surface area contributed by atoms with Gasteiger partial charge in [-0.3, -0.25) is 4.79 Å². The lowest BCUT2D eigenvalue weighted by molar-refractivity contribution is -0.111. The summed E-state index contributed by atoms with van der Waals surface area (Å²) >= 11 is 1.40. The summed E-state index contributed by atoms with van der Waals surface area (Å²) in [6.45, 7) is 10.3. The Labute approximate surface area is 147 Å². The molecule has 1 atom stereocenters. The van der Waals surface area contributed by atoms with Crippen LogP contribution in [-0.4, -0.2) is 38.6 Å². The number of carbonyl (C=O) groups excluding carboxylic acids is 1. The third kappa shape index (κ3) is 7.26. The lowest BCUT2D eigenvalue weighted by atomic mass is 10.1. The largest absolute Gasteiger partial charge is 0.515 e. The number of hydrogen-bond acceptors (Lipinski definition) is 5. The van der Waals surface area contributed by atoms with Gasteiger partial charge in [0, 0.05) is 32.2 Å². The van der Waals surface area contributed by atoms with Gasteiger partial charge in [0.2, 0.25) is 0 Å². The van der Waals surface area contributed by atoms with Crippen molar-refractivity contribution in [2.75, 3.05) is 19.8 Å². The first-order valence-corrected chi connectivity index (χ1v) is 11.9. The number of thioether (sulfide) groups is 1. The second-order valence-electron chi connectivity index (χ2n) is 6.31. The van der Waals surface area contributed by atoms with Gasteiger partial charge in [-0.2, -0.15) is 0 Å². The second kappa shape index (κ2) is 11.6. The minimum Gasteiger partial charge on any atom is -0.373 e. The fourth-order valence-electron chi connectivity index (χ4n) is 2.67. The van der Waals surface area contributed by atoms with E-state index in [9.17, 15) is 4.79 Å². The van der Waals surface area contributed by atoms with Gasteiger partial charge in [-0.15, -0.1) is 0 Å². The lowest BCUT2D eigenvalue weighted by Crippen LogP contribution is -2.59. The van der Waals surface area contributed by atoms with Gasteiger partial charge >= 0.3 is 8.80 Å². The van der Waals surface area contributed by atoms with Crippen molar-refractivity contribution in [3.05, 3.63) is 0 Å². The van der Waals surface area contributed by atoms with Crippen LogP contribution in [0, 0.1) is 5.92 Å². The molecule has 1 rings (SSSR count). The van der Waals surface area contributed by atoms with E-state index in [1.54, 1.807) is 0 Å². The first kappa shape index (κ1) is 21.2. The number of unbranched alkanes of at least 4 members (excludes halogenated alkanes) is 4. The Kier molecular flexibility index (Phi) is 10.7. The smallest absolute Gasteiger partial charge is 0.373 e. The molecule has 0 aromatic carbocycles. The van der Waals surface area contributed by atoms with Gasteiger partial charge in [0.15, 0.2) is 5.12 Å². The topological polar surface area (TPSA) is 44.8 Å². The average Bonchev–Trinajstić information content (AvgIpc) is 2.55. The Hall–Kier alpha value is 0.117. The molecule has 1 aliphatic heterocycles. The van der Waals surface area contributed by atoms with Crippen LogP contribution >= 0.6 is 11.8 Å². The van der Waals surface area contributed by atoms with Crippen LogP contribution in [0.4, 0.5) is 0 Å². The third-order valence-electron chi connectivity index (χ3n) is 4.01. The minimum absolute atomic E-state index is 0.0260. The highest BCUT2D eigenvalue weighted by Gasteiger charge is 2.52. The zero-order valence-electron chi connectivity index (χ0n) is 15.3. The zero-order valence-corrected chi connectivity index (χ0v) is 17.1. The summed E-state index contributed by atoms with van der Waals surface area (Å²) in [6.07, 6.45) is 7.35. The number of carbonyl (C=O) groups is 1. The summed E-state index contributed by atoms with van der Waals surface area (Å²) in [5.74, 6) is 0.396. The Balaban J connectivity index is 2.50. The summed E-state index contributed by atoms with van der Waals surface area (Å²) < 4.78 is 18.1. The first-order chi connectivity index (χ1) is 11.1. The highest BCUT2D eigenvalue weighted by molar-refractivity contribution is 8.15. The molecule has 0 spiro atoms. The van der Waals surface area contributed by atoms with Crippen molar-refractivity contribution in [3.63, 3.8) is 0 Å². The molecule has 0 aromatic heterocycles. The molecule has 1 fully saturated rings.